The van der Waals surface area contributed by atoms with Crippen molar-refractivity contribution in [3.05, 3.63) is 0 Å². The van der Waals surface area contributed by atoms with Gasteiger partial charge in [-0.3, -0.25) is 0 Å². The molecular weight excluding hydrogens is 527 g/mol. The molecule has 5 heavy (non-hydrogen) atoms. The van der Waals surface area contributed by atoms with Gasteiger partial charge in [0.2, 0.25) is 0 Å². The SMILES string of the molecule is [Ce+3].[La+3].[O-2].[Pr+3].[Zr+4]. The molecule has 0 aromatic heterocycles. The average Bonchev–Trinajstić information content (AvgIpc) is 0. The molecule has 0 aromatic carbocycles. The van der Waals surface area contributed by atoms with E-state index in [0.717, 1.165) is 0 Å². The van der Waals surface area contributed by atoms with Crippen LogP contribution in [0.4, 0.5) is 0 Å². The van der Waals surface area contributed by atoms with Crippen molar-refractivity contribution in [1.29, 1.82) is 0 Å². The van der Waals surface area contributed by atoms with Gasteiger partial charge >= 0.3 is 145 Å². The summed E-state index contributed by atoms with van der Waals surface area (Å²) in [5.74, 6) is 0. The average molecular weight is 527 g/mol. The Morgan fingerprint density at radius 2 is 1.00 bits per heavy atom. The Morgan fingerprint density at radius 3 is 1.00 bits per heavy atom. The van der Waals surface area contributed by atoms with Gasteiger partial charge in [0.1, 0.15) is 0 Å². The monoisotopic (exact) mass is 526 g/mol. The van der Waals surface area contributed by atoms with Crippen molar-refractivity contribution in [1.82, 2.24) is 0 Å². The van der Waals surface area contributed by atoms with Crippen LogP contribution in [0.3, 0.4) is 0 Å². The zero-order valence-electron chi connectivity index (χ0n) is 2.56. The fraction of sp³-hybridized carbons (Fsp3) is 0. The van der Waals surface area contributed by atoms with E-state index in [-0.39, 0.29) is 150 Å². The topological polar surface area (TPSA) is 28.5 Å². The molecule has 0 amide bonds. The minimum absolute atomic E-state index is 0. The maximum absolute atomic E-state index is 0. The molecular formula is CeLaOPrZr+11. The summed E-state index contributed by atoms with van der Waals surface area (Å²) in [7, 11) is 0. The van der Waals surface area contributed by atoms with E-state index in [1.807, 2.05) is 0 Å². The summed E-state index contributed by atoms with van der Waals surface area (Å²) in [6.45, 7) is 0. The van der Waals surface area contributed by atoms with Crippen molar-refractivity contribution in [2.75, 3.05) is 0 Å². The van der Waals surface area contributed by atoms with E-state index < -0.39 is 0 Å². The van der Waals surface area contributed by atoms with Gasteiger partial charge in [-0.15, -0.1) is 0 Å². The minimum atomic E-state index is 0. The summed E-state index contributed by atoms with van der Waals surface area (Å²) in [5, 5.41) is 0. The summed E-state index contributed by atoms with van der Waals surface area (Å²) in [5.41, 5.74) is 0. The first-order valence-corrected chi connectivity index (χ1v) is 0. The normalized spacial score (nSPS) is 0. The predicted octanol–water partition coefficient (Wildman–Crippen LogP) is -0.121. The van der Waals surface area contributed by atoms with Crippen molar-refractivity contribution in [2.45, 2.75) is 0 Å². The predicted molar refractivity (Wildman–Crippen MR) is 0.686 cm³/mol. The van der Waals surface area contributed by atoms with E-state index in [1.165, 1.54) is 0 Å². The van der Waals surface area contributed by atoms with Gasteiger partial charge in [-0.25, -0.2) is 0 Å². The second kappa shape index (κ2) is 23.3. The molecule has 9 valence electrons. The van der Waals surface area contributed by atoms with Crippen LogP contribution in [-0.2, 0) is 31.7 Å². The van der Waals surface area contributed by atoms with Crippen molar-refractivity contribution in [3.8, 4) is 0 Å². The van der Waals surface area contributed by atoms with Gasteiger partial charge in [0.05, 0.1) is 0 Å². The quantitative estimate of drug-likeness (QED) is 0.421. The molecule has 0 aromatic rings. The van der Waals surface area contributed by atoms with Gasteiger partial charge in [-0.1, -0.05) is 0 Å². The molecule has 0 fully saturated rings. The molecule has 0 atom stereocenters. The van der Waals surface area contributed by atoms with E-state index >= 15 is 0 Å². The summed E-state index contributed by atoms with van der Waals surface area (Å²) in [4.78, 5) is 0. The van der Waals surface area contributed by atoms with Crippen molar-refractivity contribution in [3.63, 3.8) is 0 Å². The molecule has 0 aliphatic rings. The molecule has 0 rings (SSSR count). The number of hydrogen-bond donors (Lipinski definition) is 0. The van der Waals surface area contributed by atoms with Crippen LogP contribution >= 0.6 is 0 Å². The number of hydrogen-bond acceptors (Lipinski definition) is 0. The molecule has 0 saturated carbocycles. The molecule has 0 N–H and O–H groups in total. The van der Waals surface area contributed by atoms with E-state index in [2.05, 4.69) is 0 Å². The Bertz CT molecular complexity index is 11.6. The smallest absolute Gasteiger partial charge is 2.00 e. The van der Waals surface area contributed by atoms with Crippen LogP contribution in [0, 0.1) is 119 Å². The Labute approximate surface area is 146 Å². The van der Waals surface area contributed by atoms with Crippen molar-refractivity contribution in [2.24, 2.45) is 0 Å². The second-order valence-electron chi connectivity index (χ2n) is 0. The van der Waals surface area contributed by atoms with E-state index in [9.17, 15) is 0 Å². The Morgan fingerprint density at radius 1 is 1.00 bits per heavy atom. The van der Waals surface area contributed by atoms with Crippen LogP contribution in [0.25, 0.3) is 0 Å². The molecule has 1 nitrogen and oxygen atoms in total. The summed E-state index contributed by atoms with van der Waals surface area (Å²) in [6, 6.07) is 0. The van der Waals surface area contributed by atoms with Gasteiger partial charge < -0.3 is 5.48 Å². The van der Waals surface area contributed by atoms with Gasteiger partial charge in [0.25, 0.3) is 0 Å². The fourth-order valence-corrected chi connectivity index (χ4v) is 0. The molecule has 0 spiro atoms. The molecule has 0 aliphatic carbocycles. The largest absolute Gasteiger partial charge is 4.00 e. The summed E-state index contributed by atoms with van der Waals surface area (Å²) < 4.78 is 0. The standard InChI is InChI=1S/Ce.La.O.Pr.Zr/q2*+3;-2;+3;+4. The Hall–Kier alpha value is 4.78. The molecule has 0 unspecified atom stereocenters. The first-order chi connectivity index (χ1) is 0. The number of rotatable bonds is 0. The Kier molecular flexibility index (Phi) is 154. The first-order valence-electron chi connectivity index (χ1n) is 0. The van der Waals surface area contributed by atoms with E-state index in [1.54, 1.807) is 0 Å². The zero-order chi connectivity index (χ0) is 0. The van der Waals surface area contributed by atoms with E-state index in [0.29, 0.717) is 0 Å². The van der Waals surface area contributed by atoms with Crippen LogP contribution in [0.15, 0.2) is 0 Å². The third-order valence-electron chi connectivity index (χ3n) is 0. The van der Waals surface area contributed by atoms with Crippen LogP contribution in [-0.4, -0.2) is 0 Å². The maximum atomic E-state index is 0. The van der Waals surface area contributed by atoms with E-state index in [4.69, 9.17) is 0 Å². The van der Waals surface area contributed by atoms with Gasteiger partial charge in [-0.2, -0.15) is 0 Å². The third kappa shape index (κ3) is 17.7. The zero-order valence-corrected chi connectivity index (χ0v) is 15.5. The van der Waals surface area contributed by atoms with Crippen molar-refractivity contribution >= 4 is 0 Å². The molecule has 0 aliphatic heterocycles. The molecule has 0 bridgehead atoms. The molecule has 1 radical (unpaired) electrons. The fourth-order valence-electron chi connectivity index (χ4n) is 0. The van der Waals surface area contributed by atoms with Gasteiger partial charge in [-0.05, 0) is 0 Å². The summed E-state index contributed by atoms with van der Waals surface area (Å²) >= 11 is 0. The van der Waals surface area contributed by atoms with Gasteiger partial charge in [0.15, 0.2) is 0 Å². The second-order valence-corrected chi connectivity index (χ2v) is 0. The van der Waals surface area contributed by atoms with Crippen LogP contribution in [0.5, 0.6) is 0 Å². The van der Waals surface area contributed by atoms with Crippen LogP contribution < -0.4 is 0 Å². The van der Waals surface area contributed by atoms with Crippen molar-refractivity contribution < 1.29 is 150 Å². The maximum Gasteiger partial charge on any atom is 4.00 e. The molecule has 0 saturated heterocycles. The third-order valence-corrected chi connectivity index (χ3v) is 0. The van der Waals surface area contributed by atoms with Crippen LogP contribution in [0.1, 0.15) is 0 Å². The molecule has 0 heterocycles. The summed E-state index contributed by atoms with van der Waals surface area (Å²) in [6.07, 6.45) is 0. The Balaban J connectivity index is 0. The minimum Gasteiger partial charge on any atom is -2.00 e. The van der Waals surface area contributed by atoms with Crippen LogP contribution in [0.2, 0.25) is 0 Å². The molecule has 5 heteroatoms. The van der Waals surface area contributed by atoms with Gasteiger partial charge in [0, 0.05) is 0 Å². The first kappa shape index (κ1) is 33.0.